The average molecular weight is 369 g/mol. The predicted octanol–water partition coefficient (Wildman–Crippen LogP) is 5.54. The molecule has 1 aromatic heterocycles. The minimum Gasteiger partial charge on any atom is -0.283 e. The van der Waals surface area contributed by atoms with Crippen LogP contribution in [0.4, 0.5) is 0 Å². The van der Waals surface area contributed by atoms with Crippen LogP contribution in [0.15, 0.2) is 46.5 Å². The fraction of sp³-hybridized carbons (Fsp3) is 0.286. The van der Waals surface area contributed by atoms with Crippen molar-refractivity contribution in [2.24, 2.45) is 0 Å². The number of hydrogen-bond acceptors (Lipinski definition) is 2. The lowest BCUT2D eigenvalue weighted by molar-refractivity contribution is -0.497. The van der Waals surface area contributed by atoms with Gasteiger partial charge in [-0.25, -0.2) is 0 Å². The maximum atomic E-state index is 3.41. The highest BCUT2D eigenvalue weighted by Gasteiger charge is 2.11. The van der Waals surface area contributed by atoms with Crippen LogP contribution in [0.25, 0.3) is 0 Å². The topological polar surface area (TPSA) is 8.81 Å². The van der Waals surface area contributed by atoms with Crippen LogP contribution in [-0.2, 0) is 0 Å². The molecule has 2 aromatic carbocycles. The van der Waals surface area contributed by atoms with E-state index in [1.807, 2.05) is 0 Å². The molecule has 3 rings (SSSR count). The van der Waals surface area contributed by atoms with Gasteiger partial charge in [0.1, 0.15) is 0 Å². The van der Waals surface area contributed by atoms with Gasteiger partial charge in [0.15, 0.2) is 0 Å². The second-order valence-corrected chi connectivity index (χ2v) is 8.66. The minimum absolute atomic E-state index is 1.30. The average Bonchev–Trinajstić information content (AvgIpc) is 2.94. The molecule has 130 valence electrons. The Morgan fingerprint density at radius 3 is 1.76 bits per heavy atom. The summed E-state index contributed by atoms with van der Waals surface area (Å²) in [5.41, 5.74) is 7.88. The molecular formula is C21H24N2S2. The highest BCUT2D eigenvalue weighted by atomic mass is 32.2. The zero-order valence-corrected chi connectivity index (χ0v) is 17.3. The number of hydrogen-bond donors (Lipinski definition) is 0. The molecule has 0 saturated carbocycles. The molecular weight excluding hydrogens is 344 g/mol. The molecule has 0 aliphatic rings. The van der Waals surface area contributed by atoms with Gasteiger partial charge in [-0.3, -0.25) is 7.94 Å². The van der Waals surface area contributed by atoms with Crippen molar-refractivity contribution in [3.63, 3.8) is 0 Å². The van der Waals surface area contributed by atoms with Crippen molar-refractivity contribution in [3.05, 3.63) is 76.4 Å². The van der Waals surface area contributed by atoms with Crippen LogP contribution in [0.5, 0.6) is 0 Å². The summed E-state index contributed by atoms with van der Waals surface area (Å²) in [5, 5.41) is 0. The summed E-state index contributed by atoms with van der Waals surface area (Å²) in [6.45, 7) is 13.0. The van der Waals surface area contributed by atoms with E-state index >= 15 is 0 Å². The fourth-order valence-corrected chi connectivity index (χ4v) is 4.95. The van der Waals surface area contributed by atoms with E-state index in [1.165, 1.54) is 43.2 Å². The number of benzene rings is 2. The lowest BCUT2D eigenvalue weighted by atomic mass is 10.1. The molecule has 3 aromatic rings. The highest BCUT2D eigenvalue weighted by molar-refractivity contribution is 7.98. The van der Waals surface area contributed by atoms with Gasteiger partial charge >= 0.3 is 0 Å². The van der Waals surface area contributed by atoms with Gasteiger partial charge in [0.2, 0.25) is 6.33 Å². The molecule has 0 aliphatic heterocycles. The third kappa shape index (κ3) is 4.13. The largest absolute Gasteiger partial charge is 0.283 e. The lowest BCUT2D eigenvalue weighted by Crippen LogP contribution is -2.22. The molecule has 0 spiro atoms. The Hall–Kier alpha value is -1.65. The SMILES string of the molecule is Cc1cc(C)c(Sn2[c-][n+](Sc3c(C)cc(C)cc3C)cc2)c(C)c1. The van der Waals surface area contributed by atoms with E-state index in [9.17, 15) is 0 Å². The molecule has 0 unspecified atom stereocenters. The van der Waals surface area contributed by atoms with Gasteiger partial charge in [-0.1, -0.05) is 35.4 Å². The van der Waals surface area contributed by atoms with Gasteiger partial charge < -0.3 is 0 Å². The summed E-state index contributed by atoms with van der Waals surface area (Å²) in [6.07, 6.45) is 7.54. The molecule has 25 heavy (non-hydrogen) atoms. The summed E-state index contributed by atoms with van der Waals surface area (Å²) >= 11 is 3.44. The zero-order valence-electron chi connectivity index (χ0n) is 15.7. The summed E-state index contributed by atoms with van der Waals surface area (Å²) in [4.78, 5) is 2.61. The Bertz CT molecular complexity index is 805. The number of nitrogens with zero attached hydrogens (tertiary/aromatic N) is 2. The van der Waals surface area contributed by atoms with Crippen LogP contribution >= 0.6 is 23.9 Å². The number of aryl methyl sites for hydroxylation is 6. The summed E-state index contributed by atoms with van der Waals surface area (Å²) < 4.78 is 4.10. The summed E-state index contributed by atoms with van der Waals surface area (Å²) in [6, 6.07) is 8.95. The maximum absolute atomic E-state index is 3.41. The second-order valence-electron chi connectivity index (χ2n) is 6.69. The number of aromatic nitrogens is 2. The third-order valence-corrected chi connectivity index (χ3v) is 6.58. The van der Waals surface area contributed by atoms with E-state index in [4.69, 9.17) is 0 Å². The van der Waals surface area contributed by atoms with Crippen molar-refractivity contribution in [3.8, 4) is 0 Å². The molecule has 0 amide bonds. The molecule has 4 heteroatoms. The first kappa shape index (κ1) is 18.2. The van der Waals surface area contributed by atoms with E-state index in [1.54, 1.807) is 23.9 Å². The van der Waals surface area contributed by atoms with E-state index in [2.05, 4.69) is 92.5 Å². The summed E-state index contributed by atoms with van der Waals surface area (Å²) in [7, 11) is 0. The number of rotatable bonds is 4. The van der Waals surface area contributed by atoms with E-state index in [0.29, 0.717) is 0 Å². The molecule has 1 heterocycles. The van der Waals surface area contributed by atoms with E-state index in [-0.39, 0.29) is 0 Å². The van der Waals surface area contributed by atoms with Gasteiger partial charge in [0.25, 0.3) is 0 Å². The van der Waals surface area contributed by atoms with Gasteiger partial charge in [-0.2, -0.15) is 0 Å². The Kier molecular flexibility index (Phi) is 5.30. The Morgan fingerprint density at radius 2 is 1.24 bits per heavy atom. The third-order valence-electron chi connectivity index (χ3n) is 4.12. The van der Waals surface area contributed by atoms with E-state index in [0.717, 1.165) is 0 Å². The normalized spacial score (nSPS) is 11.1. The predicted molar refractivity (Wildman–Crippen MR) is 107 cm³/mol. The molecule has 0 bridgehead atoms. The maximum Gasteiger partial charge on any atom is 0.229 e. The molecule has 0 fully saturated rings. The molecule has 2 nitrogen and oxygen atoms in total. The minimum atomic E-state index is 1.30. The van der Waals surface area contributed by atoms with Crippen molar-refractivity contribution >= 4 is 23.9 Å². The Labute approximate surface area is 159 Å². The lowest BCUT2D eigenvalue weighted by Gasteiger charge is -2.10. The van der Waals surface area contributed by atoms with Crippen LogP contribution in [0.1, 0.15) is 33.4 Å². The first-order valence-electron chi connectivity index (χ1n) is 8.38. The van der Waals surface area contributed by atoms with E-state index < -0.39 is 0 Å². The van der Waals surface area contributed by atoms with Crippen molar-refractivity contribution < 1.29 is 3.97 Å². The van der Waals surface area contributed by atoms with Crippen LogP contribution in [0, 0.1) is 47.9 Å². The standard InChI is InChI=1S/C21H24N2S2/c1-14-9-16(3)20(17(4)10-14)24-22-7-8-23(13-22)25-21-18(5)11-15(2)12-19(21)6/h7-12H,1-6H3. The number of imidazole rings is 1. The molecule has 0 saturated heterocycles. The van der Waals surface area contributed by atoms with Crippen molar-refractivity contribution in [1.82, 2.24) is 3.97 Å². The van der Waals surface area contributed by atoms with Crippen LogP contribution in [0.2, 0.25) is 0 Å². The van der Waals surface area contributed by atoms with Crippen molar-refractivity contribution in [1.29, 1.82) is 0 Å². The zero-order chi connectivity index (χ0) is 18.1. The molecule has 0 N–H and O–H groups in total. The fourth-order valence-electron chi connectivity index (χ4n) is 3.20. The van der Waals surface area contributed by atoms with Gasteiger partial charge in [0.05, 0.1) is 33.7 Å². The Balaban J connectivity index is 1.82. The van der Waals surface area contributed by atoms with Crippen LogP contribution in [0.3, 0.4) is 0 Å². The van der Waals surface area contributed by atoms with Gasteiger partial charge in [0, 0.05) is 0 Å². The molecule has 0 radical (unpaired) electrons. The first-order valence-corrected chi connectivity index (χ1v) is 9.93. The van der Waals surface area contributed by atoms with Gasteiger partial charge in [-0.05, 0) is 76.2 Å². The van der Waals surface area contributed by atoms with Gasteiger partial charge in [-0.15, -0.1) is 0 Å². The van der Waals surface area contributed by atoms with Crippen molar-refractivity contribution in [2.45, 2.75) is 51.3 Å². The smallest absolute Gasteiger partial charge is 0.229 e. The van der Waals surface area contributed by atoms with Crippen molar-refractivity contribution in [2.75, 3.05) is 0 Å². The summed E-state index contributed by atoms with van der Waals surface area (Å²) in [5.74, 6) is 0. The first-order chi connectivity index (χ1) is 11.8. The van der Waals surface area contributed by atoms with Crippen LogP contribution < -0.4 is 3.97 Å². The molecule has 0 aliphatic carbocycles. The monoisotopic (exact) mass is 368 g/mol. The van der Waals surface area contributed by atoms with Crippen LogP contribution in [-0.4, -0.2) is 3.97 Å². The second kappa shape index (κ2) is 7.30. The Morgan fingerprint density at radius 1 is 0.760 bits per heavy atom. The highest BCUT2D eigenvalue weighted by Crippen LogP contribution is 2.29. The quantitative estimate of drug-likeness (QED) is 0.442. The molecule has 0 atom stereocenters.